The third-order valence-corrected chi connectivity index (χ3v) is 2.66. The van der Waals surface area contributed by atoms with Gasteiger partial charge in [0, 0.05) is 11.8 Å². The van der Waals surface area contributed by atoms with Crippen molar-refractivity contribution in [2.45, 2.75) is 0 Å². The first-order chi connectivity index (χ1) is 7.94. The molecular formula is C10H13NO5S. The average molecular weight is 259 g/mol. The van der Waals surface area contributed by atoms with Gasteiger partial charge in [-0.05, 0) is 12.1 Å². The Labute approximate surface area is 99.3 Å². The molecular weight excluding hydrogens is 246 g/mol. The predicted octanol–water partition coefficient (Wildman–Crippen LogP) is 0.707. The maximum absolute atomic E-state index is 10.4. The van der Waals surface area contributed by atoms with E-state index in [9.17, 15) is 13.5 Å². The van der Waals surface area contributed by atoms with Gasteiger partial charge in [-0.2, -0.15) is 8.42 Å². The third-order valence-electron chi connectivity index (χ3n) is 1.96. The highest BCUT2D eigenvalue weighted by molar-refractivity contribution is 7.85. The molecule has 1 aromatic carbocycles. The Hall–Kier alpha value is -1.60. The molecule has 7 heteroatoms. The number of phenolic OH excluding ortho intramolecular Hbond substituents is 1. The van der Waals surface area contributed by atoms with Gasteiger partial charge in [0.2, 0.25) is 0 Å². The van der Waals surface area contributed by atoms with Gasteiger partial charge in [-0.25, -0.2) is 0 Å². The van der Waals surface area contributed by atoms with Crippen LogP contribution in [0.25, 0.3) is 0 Å². The van der Waals surface area contributed by atoms with Crippen LogP contribution in [0.1, 0.15) is 5.56 Å². The first-order valence-corrected chi connectivity index (χ1v) is 6.36. The predicted molar refractivity (Wildman–Crippen MR) is 63.5 cm³/mol. The van der Waals surface area contributed by atoms with E-state index in [1.54, 1.807) is 18.2 Å². The number of hydrogen-bond donors (Lipinski definition) is 2. The van der Waals surface area contributed by atoms with Crippen molar-refractivity contribution in [3.05, 3.63) is 23.8 Å². The van der Waals surface area contributed by atoms with Crippen molar-refractivity contribution in [1.82, 2.24) is 0 Å². The summed E-state index contributed by atoms with van der Waals surface area (Å²) >= 11 is 0. The number of phenols is 1. The van der Waals surface area contributed by atoms with E-state index < -0.39 is 15.9 Å². The summed E-state index contributed by atoms with van der Waals surface area (Å²) in [6.07, 6.45) is 1.32. The summed E-state index contributed by atoms with van der Waals surface area (Å²) in [7, 11) is -2.58. The first-order valence-electron chi connectivity index (χ1n) is 4.75. The lowest BCUT2D eigenvalue weighted by atomic mass is 10.2. The van der Waals surface area contributed by atoms with Crippen LogP contribution in [0, 0.1) is 0 Å². The summed E-state index contributed by atoms with van der Waals surface area (Å²) < 4.78 is 34.2. The van der Waals surface area contributed by atoms with Crippen molar-refractivity contribution in [2.24, 2.45) is 4.99 Å². The summed E-state index contributed by atoms with van der Waals surface area (Å²) in [6.45, 7) is -0.0739. The fourth-order valence-corrected chi connectivity index (χ4v) is 1.48. The minimum atomic E-state index is -4.00. The maximum atomic E-state index is 10.4. The van der Waals surface area contributed by atoms with Crippen LogP contribution in [0.3, 0.4) is 0 Å². The van der Waals surface area contributed by atoms with Crippen LogP contribution in [0.4, 0.5) is 0 Å². The number of aromatic hydroxyl groups is 1. The van der Waals surface area contributed by atoms with E-state index in [0.29, 0.717) is 11.3 Å². The molecule has 0 saturated heterocycles. The quantitative estimate of drug-likeness (QED) is 0.599. The Kier molecular flexibility index (Phi) is 4.47. The van der Waals surface area contributed by atoms with Gasteiger partial charge in [-0.1, -0.05) is 6.07 Å². The van der Waals surface area contributed by atoms with Crippen LogP contribution in [0.5, 0.6) is 11.5 Å². The van der Waals surface area contributed by atoms with Gasteiger partial charge in [0.05, 0.1) is 19.4 Å². The molecule has 0 bridgehead atoms. The van der Waals surface area contributed by atoms with Gasteiger partial charge in [0.25, 0.3) is 10.1 Å². The third kappa shape index (κ3) is 4.41. The number of ether oxygens (including phenoxy) is 1. The van der Waals surface area contributed by atoms with Crippen molar-refractivity contribution in [1.29, 1.82) is 0 Å². The molecule has 1 aromatic rings. The number of nitrogens with zero attached hydrogens (tertiary/aromatic N) is 1. The summed E-state index contributed by atoms with van der Waals surface area (Å²) in [4.78, 5) is 3.78. The Bertz CT molecular complexity index is 509. The van der Waals surface area contributed by atoms with E-state index in [1.165, 1.54) is 13.3 Å². The molecule has 2 N–H and O–H groups in total. The van der Waals surface area contributed by atoms with Crippen LogP contribution in [0.15, 0.2) is 23.2 Å². The van der Waals surface area contributed by atoms with Gasteiger partial charge in [0.15, 0.2) is 11.5 Å². The van der Waals surface area contributed by atoms with Crippen molar-refractivity contribution >= 4 is 16.3 Å². The summed E-state index contributed by atoms with van der Waals surface area (Å²) in [5.74, 6) is -0.205. The van der Waals surface area contributed by atoms with Gasteiger partial charge in [-0.15, -0.1) is 0 Å². The zero-order valence-corrected chi connectivity index (χ0v) is 10.0. The molecule has 0 unspecified atom stereocenters. The molecule has 0 saturated carbocycles. The van der Waals surface area contributed by atoms with Gasteiger partial charge in [0.1, 0.15) is 0 Å². The number of rotatable bonds is 5. The summed E-state index contributed by atoms with van der Waals surface area (Å²) in [6, 6.07) is 4.86. The lowest BCUT2D eigenvalue weighted by Gasteiger charge is -2.04. The first kappa shape index (κ1) is 13.5. The molecule has 6 nitrogen and oxygen atoms in total. The van der Waals surface area contributed by atoms with Crippen LogP contribution >= 0.6 is 0 Å². The highest BCUT2D eigenvalue weighted by atomic mass is 32.2. The van der Waals surface area contributed by atoms with Crippen LogP contribution in [-0.2, 0) is 10.1 Å². The monoisotopic (exact) mass is 259 g/mol. The molecule has 17 heavy (non-hydrogen) atoms. The Morgan fingerprint density at radius 2 is 2.18 bits per heavy atom. The van der Waals surface area contributed by atoms with E-state index in [-0.39, 0.29) is 12.3 Å². The SMILES string of the molecule is COc1cccc(C=NCCS(=O)(=O)O)c1O. The molecule has 0 aromatic heterocycles. The molecule has 0 aliphatic heterocycles. The Morgan fingerprint density at radius 3 is 2.76 bits per heavy atom. The normalized spacial score (nSPS) is 11.9. The number of aliphatic imine (C=N–C) groups is 1. The average Bonchev–Trinajstić information content (AvgIpc) is 2.25. The standard InChI is InChI=1S/C10H13NO5S/c1-16-9-4-2-3-8(10(9)12)7-11-5-6-17(13,14)15/h2-4,7,12H,5-6H2,1H3,(H,13,14,15). The van der Waals surface area contributed by atoms with Crippen molar-refractivity contribution in [3.8, 4) is 11.5 Å². The number of para-hydroxylation sites is 1. The molecule has 0 aliphatic rings. The topological polar surface area (TPSA) is 96.2 Å². The molecule has 0 spiro atoms. The molecule has 0 amide bonds. The second kappa shape index (κ2) is 5.65. The lowest BCUT2D eigenvalue weighted by molar-refractivity contribution is 0.373. The van der Waals surface area contributed by atoms with Crippen molar-refractivity contribution in [2.75, 3.05) is 19.4 Å². The van der Waals surface area contributed by atoms with Crippen LogP contribution in [0.2, 0.25) is 0 Å². The number of hydrogen-bond acceptors (Lipinski definition) is 5. The molecule has 0 fully saturated rings. The zero-order valence-electron chi connectivity index (χ0n) is 9.20. The Morgan fingerprint density at radius 1 is 1.47 bits per heavy atom. The molecule has 0 heterocycles. The van der Waals surface area contributed by atoms with E-state index in [2.05, 4.69) is 4.99 Å². The van der Waals surface area contributed by atoms with Crippen LogP contribution < -0.4 is 4.74 Å². The molecule has 94 valence electrons. The van der Waals surface area contributed by atoms with Crippen LogP contribution in [-0.4, -0.2) is 43.7 Å². The molecule has 1 rings (SSSR count). The van der Waals surface area contributed by atoms with Crippen molar-refractivity contribution in [3.63, 3.8) is 0 Å². The van der Waals surface area contributed by atoms with E-state index in [4.69, 9.17) is 9.29 Å². The second-order valence-electron chi connectivity index (χ2n) is 3.22. The van der Waals surface area contributed by atoms with Gasteiger partial charge < -0.3 is 9.84 Å². The smallest absolute Gasteiger partial charge is 0.266 e. The van der Waals surface area contributed by atoms with E-state index in [1.807, 2.05) is 0 Å². The largest absolute Gasteiger partial charge is 0.504 e. The molecule has 0 atom stereocenters. The summed E-state index contributed by atoms with van der Waals surface area (Å²) in [5, 5.41) is 9.66. The molecule has 0 aliphatic carbocycles. The highest BCUT2D eigenvalue weighted by Crippen LogP contribution is 2.27. The summed E-state index contributed by atoms with van der Waals surface area (Å²) in [5.41, 5.74) is 0.416. The molecule has 0 radical (unpaired) electrons. The fourth-order valence-electron chi connectivity index (χ4n) is 1.14. The highest BCUT2D eigenvalue weighted by Gasteiger charge is 2.05. The Balaban J connectivity index is 2.72. The number of methoxy groups -OCH3 is 1. The minimum absolute atomic E-state index is 0.0643. The number of benzene rings is 1. The van der Waals surface area contributed by atoms with Crippen molar-refractivity contribution < 1.29 is 22.8 Å². The minimum Gasteiger partial charge on any atom is -0.504 e. The van der Waals surface area contributed by atoms with E-state index >= 15 is 0 Å². The van der Waals surface area contributed by atoms with Gasteiger partial charge in [-0.3, -0.25) is 9.55 Å². The van der Waals surface area contributed by atoms with Gasteiger partial charge >= 0.3 is 0 Å². The second-order valence-corrected chi connectivity index (χ2v) is 4.79. The fraction of sp³-hybridized carbons (Fsp3) is 0.300. The lowest BCUT2D eigenvalue weighted by Crippen LogP contribution is -2.06. The zero-order chi connectivity index (χ0) is 12.9. The van der Waals surface area contributed by atoms with E-state index in [0.717, 1.165) is 0 Å². The maximum Gasteiger partial charge on any atom is 0.266 e.